The van der Waals surface area contributed by atoms with E-state index in [1.807, 2.05) is 0 Å². The van der Waals surface area contributed by atoms with Crippen LogP contribution in [0.4, 0.5) is 0 Å². The maximum atomic E-state index is 5.35. The number of aromatic nitrogens is 3. The van der Waals surface area contributed by atoms with Crippen molar-refractivity contribution < 1.29 is 0 Å². The normalized spacial score (nSPS) is 15.3. The number of hydrogen-bond acceptors (Lipinski definition) is 1. The summed E-state index contributed by atoms with van der Waals surface area (Å²) in [5.74, 6) is 0.930. The number of benzene rings is 7. The van der Waals surface area contributed by atoms with Crippen LogP contribution >= 0.6 is 0 Å². The van der Waals surface area contributed by atoms with Crippen LogP contribution < -0.4 is 0 Å². The molecule has 1 atom stereocenters. The van der Waals surface area contributed by atoms with E-state index in [4.69, 9.17) is 4.98 Å². The first-order valence-electron chi connectivity index (χ1n) is 19.1. The summed E-state index contributed by atoms with van der Waals surface area (Å²) >= 11 is 0. The molecule has 0 N–H and O–H groups in total. The van der Waals surface area contributed by atoms with E-state index < -0.39 is 0 Å². The Kier molecular flexibility index (Phi) is 7.05. The molecule has 3 nitrogen and oxygen atoms in total. The van der Waals surface area contributed by atoms with Gasteiger partial charge < -0.3 is 4.57 Å². The third-order valence-electron chi connectivity index (χ3n) is 11.7. The minimum absolute atomic E-state index is 0.202. The highest BCUT2D eigenvalue weighted by Crippen LogP contribution is 2.44. The molecule has 0 saturated carbocycles. The van der Waals surface area contributed by atoms with Crippen molar-refractivity contribution in [3.63, 3.8) is 0 Å². The zero-order chi connectivity index (χ0) is 36.5. The molecule has 260 valence electrons. The predicted octanol–water partition coefficient (Wildman–Crippen LogP) is 13.1. The lowest BCUT2D eigenvalue weighted by Gasteiger charge is -2.30. The van der Waals surface area contributed by atoms with Crippen LogP contribution in [-0.2, 0) is 11.8 Å². The molecule has 0 bridgehead atoms. The minimum atomic E-state index is -0.202. The molecule has 0 amide bonds. The van der Waals surface area contributed by atoms with Crippen molar-refractivity contribution in [2.75, 3.05) is 0 Å². The summed E-state index contributed by atoms with van der Waals surface area (Å²) in [6.07, 6.45) is 5.66. The largest absolute Gasteiger partial charge is 0.309 e. The second-order valence-corrected chi connectivity index (χ2v) is 15.1. The highest BCUT2D eigenvalue weighted by Gasteiger charge is 2.33. The molecule has 0 aliphatic heterocycles. The van der Waals surface area contributed by atoms with E-state index in [-0.39, 0.29) is 5.41 Å². The van der Waals surface area contributed by atoms with Crippen molar-refractivity contribution in [1.82, 2.24) is 14.1 Å². The van der Waals surface area contributed by atoms with E-state index in [0.717, 1.165) is 23.1 Å². The molecule has 0 radical (unpaired) electrons. The minimum Gasteiger partial charge on any atom is -0.309 e. The van der Waals surface area contributed by atoms with Gasteiger partial charge >= 0.3 is 0 Å². The molecule has 3 heteroatoms. The number of nitrogens with zero attached hydrogens (tertiary/aromatic N) is 3. The summed E-state index contributed by atoms with van der Waals surface area (Å²) in [4.78, 5) is 5.35. The molecular formula is C52H37N3. The van der Waals surface area contributed by atoms with E-state index in [1.165, 1.54) is 77.5 Å². The topological polar surface area (TPSA) is 22.8 Å². The molecule has 1 aliphatic rings. The second-order valence-electron chi connectivity index (χ2n) is 15.1. The first kappa shape index (κ1) is 31.5. The third-order valence-corrected chi connectivity index (χ3v) is 11.7. The van der Waals surface area contributed by atoms with Gasteiger partial charge in [0.25, 0.3) is 0 Å². The lowest BCUT2D eigenvalue weighted by atomic mass is 9.73. The lowest BCUT2D eigenvalue weighted by Crippen LogP contribution is -2.25. The summed E-state index contributed by atoms with van der Waals surface area (Å²) in [5.41, 5.74) is 14.2. The van der Waals surface area contributed by atoms with E-state index in [0.29, 0.717) is 0 Å². The number of para-hydroxylation sites is 4. The average molecular weight is 704 g/mol. The molecule has 7 aromatic carbocycles. The van der Waals surface area contributed by atoms with Crippen molar-refractivity contribution in [1.29, 1.82) is 0 Å². The van der Waals surface area contributed by atoms with E-state index >= 15 is 0 Å². The summed E-state index contributed by atoms with van der Waals surface area (Å²) in [5, 5.41) is 4.98. The summed E-state index contributed by atoms with van der Waals surface area (Å²) < 4.78 is 4.77. The molecule has 0 saturated heterocycles. The fourth-order valence-electron chi connectivity index (χ4n) is 9.02. The lowest BCUT2D eigenvalue weighted by molar-refractivity contribution is 0.589. The van der Waals surface area contributed by atoms with Gasteiger partial charge in [0, 0.05) is 32.6 Å². The number of allylic oxidation sites excluding steroid dienone is 1. The molecule has 11 rings (SSSR count). The predicted molar refractivity (Wildman–Crippen MR) is 230 cm³/mol. The van der Waals surface area contributed by atoms with Gasteiger partial charge in [-0.1, -0.05) is 140 Å². The zero-order valence-corrected chi connectivity index (χ0v) is 30.5. The first-order valence-corrected chi connectivity index (χ1v) is 19.1. The molecule has 3 aromatic heterocycles. The van der Waals surface area contributed by atoms with E-state index in [9.17, 15) is 0 Å². The molecular weight excluding hydrogens is 667 g/mol. The Hall–Kier alpha value is -6.97. The summed E-state index contributed by atoms with van der Waals surface area (Å²) in [6, 6.07) is 65.8. The number of pyridine rings is 1. The maximum absolute atomic E-state index is 5.35. The van der Waals surface area contributed by atoms with E-state index in [1.54, 1.807) is 0 Å². The molecule has 10 aromatic rings. The summed E-state index contributed by atoms with van der Waals surface area (Å²) in [6.45, 7) is 2.39. The first-order chi connectivity index (χ1) is 27.1. The highest BCUT2D eigenvalue weighted by atomic mass is 15.1. The molecule has 3 heterocycles. The van der Waals surface area contributed by atoms with Crippen LogP contribution in [0.25, 0.3) is 83.4 Å². The Morgan fingerprint density at radius 2 is 1.13 bits per heavy atom. The van der Waals surface area contributed by atoms with Crippen LogP contribution in [0, 0.1) is 0 Å². The van der Waals surface area contributed by atoms with Gasteiger partial charge in [0.15, 0.2) is 0 Å². The van der Waals surface area contributed by atoms with Crippen LogP contribution in [0.2, 0.25) is 0 Å². The fraction of sp³-hybridized carbons (Fsp3) is 0.0577. The van der Waals surface area contributed by atoms with Crippen LogP contribution in [0.15, 0.2) is 188 Å². The van der Waals surface area contributed by atoms with Gasteiger partial charge in [-0.2, -0.15) is 0 Å². The molecule has 1 unspecified atom stereocenters. The Morgan fingerprint density at radius 1 is 0.491 bits per heavy atom. The van der Waals surface area contributed by atoms with E-state index in [2.05, 4.69) is 210 Å². The van der Waals surface area contributed by atoms with Crippen molar-refractivity contribution in [2.45, 2.75) is 18.8 Å². The Labute approximate surface area is 320 Å². The van der Waals surface area contributed by atoms with Gasteiger partial charge in [-0.25, -0.2) is 4.98 Å². The molecule has 0 spiro atoms. The smallest absolute Gasteiger partial charge is 0.138 e. The quantitative estimate of drug-likeness (QED) is 0.175. The Morgan fingerprint density at radius 3 is 1.95 bits per heavy atom. The van der Waals surface area contributed by atoms with Crippen LogP contribution in [0.1, 0.15) is 23.7 Å². The SMILES string of the molecule is CC1(c2ccc3c(c2)c2ccccc2n3-c2ccccc2)C=Cc2c(c3ccccc3n2-c2cc(-c3cccc(-c4ccccc4)c3)c3ccccc3n2)C1. The summed E-state index contributed by atoms with van der Waals surface area (Å²) in [7, 11) is 0. The van der Waals surface area contributed by atoms with Crippen LogP contribution in [0.3, 0.4) is 0 Å². The molecule has 1 aliphatic carbocycles. The number of hydrogen-bond donors (Lipinski definition) is 0. The number of rotatable bonds is 5. The van der Waals surface area contributed by atoms with Crippen LogP contribution in [0.5, 0.6) is 0 Å². The van der Waals surface area contributed by atoms with Gasteiger partial charge in [-0.15, -0.1) is 0 Å². The molecule has 0 fully saturated rings. The van der Waals surface area contributed by atoms with Gasteiger partial charge in [-0.05, 0) is 100 Å². The molecule has 55 heavy (non-hydrogen) atoms. The average Bonchev–Trinajstić information content (AvgIpc) is 3.76. The standard InChI is InChI=1S/C52H37N3/c1-52(38-27-28-49-44(32-38)41-22-9-12-25-47(41)54(49)39-19-6-3-7-20-39)30-29-50-45(34-52)42-23-10-13-26-48(42)55(50)51-33-43(40-21-8-11-24-46(40)53-51)37-18-14-17-36(31-37)35-15-4-2-5-16-35/h2-33H,34H2,1H3. The van der Waals surface area contributed by atoms with Crippen molar-refractivity contribution in [3.8, 4) is 33.8 Å². The van der Waals surface area contributed by atoms with Gasteiger partial charge in [0.05, 0.1) is 27.8 Å². The second kappa shape index (κ2) is 12.3. The maximum Gasteiger partial charge on any atom is 0.138 e. The highest BCUT2D eigenvalue weighted by molar-refractivity contribution is 6.09. The van der Waals surface area contributed by atoms with Crippen molar-refractivity contribution >= 4 is 49.7 Å². The van der Waals surface area contributed by atoms with Crippen molar-refractivity contribution in [3.05, 3.63) is 205 Å². The van der Waals surface area contributed by atoms with Gasteiger partial charge in [-0.3, -0.25) is 4.57 Å². The van der Waals surface area contributed by atoms with Crippen LogP contribution in [-0.4, -0.2) is 14.1 Å². The van der Waals surface area contributed by atoms with Gasteiger partial charge in [0.2, 0.25) is 0 Å². The number of fused-ring (bicyclic) bond motifs is 7. The van der Waals surface area contributed by atoms with Crippen molar-refractivity contribution in [2.24, 2.45) is 0 Å². The fourth-order valence-corrected chi connectivity index (χ4v) is 9.02. The Balaban J connectivity index is 1.06. The monoisotopic (exact) mass is 703 g/mol. The van der Waals surface area contributed by atoms with Gasteiger partial charge in [0.1, 0.15) is 5.82 Å². The third kappa shape index (κ3) is 5.01. The Bertz CT molecular complexity index is 3130. The zero-order valence-electron chi connectivity index (χ0n) is 30.5.